The molecule has 5 heteroatoms. The number of hydrogen-bond donors (Lipinski definition) is 0. The van der Waals surface area contributed by atoms with Crippen molar-refractivity contribution in [1.29, 1.82) is 0 Å². The fourth-order valence-electron chi connectivity index (χ4n) is 5.69. The van der Waals surface area contributed by atoms with Crippen LogP contribution in [0.4, 0.5) is 5.69 Å². The van der Waals surface area contributed by atoms with Crippen LogP contribution in [0.1, 0.15) is 79.8 Å². The number of anilines is 1. The van der Waals surface area contributed by atoms with Gasteiger partial charge in [0.2, 0.25) is 0 Å². The number of sulfonamides is 1. The van der Waals surface area contributed by atoms with Crippen LogP contribution in [0.5, 0.6) is 0 Å². The lowest BCUT2D eigenvalue weighted by Gasteiger charge is -2.37. The van der Waals surface area contributed by atoms with Gasteiger partial charge in [-0.15, -0.1) is 11.8 Å². The van der Waals surface area contributed by atoms with Crippen molar-refractivity contribution in [3.8, 4) is 0 Å². The molecule has 4 aromatic carbocycles. The molecule has 0 aliphatic carbocycles. The van der Waals surface area contributed by atoms with E-state index in [-0.39, 0.29) is 11.3 Å². The largest absolute Gasteiger partial charge is 0.264 e. The van der Waals surface area contributed by atoms with Gasteiger partial charge in [-0.05, 0) is 72.1 Å². The smallest absolute Gasteiger partial charge is 0.257 e. The highest BCUT2D eigenvalue weighted by Gasteiger charge is 2.41. The zero-order chi connectivity index (χ0) is 28.4. The molecule has 1 aliphatic rings. The number of nitrogens with zero attached hydrogens (tertiary/aromatic N) is 1. The number of hydrogen-bond acceptors (Lipinski definition) is 3. The van der Waals surface area contributed by atoms with Crippen LogP contribution in [0, 0.1) is 6.92 Å². The SMILES string of the molecule is Cc1ccc(S(=O)(=O)N2c3ccccc3CC[C@@H](Sc3c(C(C)C)cccc3C(C)C)[C@@H]2c2ccccc2)cc1. The highest BCUT2D eigenvalue weighted by Crippen LogP contribution is 2.49. The van der Waals surface area contributed by atoms with Gasteiger partial charge in [0.25, 0.3) is 10.0 Å². The Balaban J connectivity index is 1.74. The van der Waals surface area contributed by atoms with Gasteiger partial charge in [-0.25, -0.2) is 8.42 Å². The quantitative estimate of drug-likeness (QED) is 0.223. The van der Waals surface area contributed by atoms with Gasteiger partial charge in [0.15, 0.2) is 0 Å². The van der Waals surface area contributed by atoms with Crippen molar-refractivity contribution in [2.24, 2.45) is 0 Å². The molecule has 0 N–H and O–H groups in total. The Hall–Kier alpha value is -3.02. The van der Waals surface area contributed by atoms with Crippen LogP contribution in [-0.2, 0) is 16.4 Å². The average Bonchev–Trinajstić information content (AvgIpc) is 3.11. The minimum atomic E-state index is -3.87. The monoisotopic (exact) mass is 569 g/mol. The maximum absolute atomic E-state index is 14.7. The molecule has 0 amide bonds. The zero-order valence-corrected chi connectivity index (χ0v) is 25.7. The summed E-state index contributed by atoms with van der Waals surface area (Å²) in [6.45, 7) is 11.0. The predicted octanol–water partition coefficient (Wildman–Crippen LogP) is 9.29. The van der Waals surface area contributed by atoms with E-state index >= 15 is 0 Å². The van der Waals surface area contributed by atoms with E-state index in [9.17, 15) is 8.42 Å². The molecule has 40 heavy (non-hydrogen) atoms. The Bertz CT molecular complexity index is 1530. The number of para-hydroxylation sites is 1. The lowest BCUT2D eigenvalue weighted by molar-refractivity contribution is 0.570. The van der Waals surface area contributed by atoms with E-state index in [0.717, 1.165) is 35.2 Å². The first kappa shape index (κ1) is 28.5. The molecule has 3 nitrogen and oxygen atoms in total. The van der Waals surface area contributed by atoms with Crippen LogP contribution < -0.4 is 4.31 Å². The van der Waals surface area contributed by atoms with E-state index in [2.05, 4.69) is 64.1 Å². The molecule has 0 fully saturated rings. The number of aryl methyl sites for hydroxylation is 2. The van der Waals surface area contributed by atoms with Gasteiger partial charge in [0.1, 0.15) is 0 Å². The van der Waals surface area contributed by atoms with E-state index in [1.54, 1.807) is 16.4 Å². The van der Waals surface area contributed by atoms with Gasteiger partial charge in [-0.2, -0.15) is 0 Å². The first-order valence-electron chi connectivity index (χ1n) is 14.2. The molecule has 0 spiro atoms. The maximum Gasteiger partial charge on any atom is 0.264 e. The number of fused-ring (bicyclic) bond motifs is 1. The minimum absolute atomic E-state index is 0.00687. The molecule has 5 rings (SSSR count). The third-order valence-corrected chi connectivity index (χ3v) is 11.2. The third-order valence-electron chi connectivity index (χ3n) is 7.84. The standard InChI is InChI=1S/C35H39NO2S2/c1-24(2)30-15-11-16-31(25(3)4)35(30)39-33-23-20-27-12-9-10-17-32(27)36(34(33)28-13-7-6-8-14-28)40(37,38)29-21-18-26(5)19-22-29/h6-19,21-22,24-25,33-34H,20,23H2,1-5H3/t33-,34+/m1/s1. The fraction of sp³-hybridized carbons (Fsp3) is 0.314. The van der Waals surface area contributed by atoms with Gasteiger partial charge in [-0.1, -0.05) is 112 Å². The van der Waals surface area contributed by atoms with Crippen molar-refractivity contribution in [3.63, 3.8) is 0 Å². The van der Waals surface area contributed by atoms with Crippen molar-refractivity contribution in [1.82, 2.24) is 0 Å². The molecule has 0 radical (unpaired) electrons. The summed E-state index contributed by atoms with van der Waals surface area (Å²) in [7, 11) is -3.87. The molecule has 0 unspecified atom stereocenters. The highest BCUT2D eigenvalue weighted by molar-refractivity contribution is 8.00. The second kappa shape index (κ2) is 11.8. The summed E-state index contributed by atoms with van der Waals surface area (Å²) >= 11 is 1.87. The van der Waals surface area contributed by atoms with Crippen LogP contribution in [0.15, 0.2) is 107 Å². The van der Waals surface area contributed by atoms with Crippen molar-refractivity contribution < 1.29 is 8.42 Å². The fourth-order valence-corrected chi connectivity index (χ4v) is 9.31. The molecule has 0 saturated carbocycles. The molecule has 4 aromatic rings. The van der Waals surface area contributed by atoms with Crippen molar-refractivity contribution in [3.05, 3.63) is 125 Å². The van der Waals surface area contributed by atoms with E-state index in [1.165, 1.54) is 16.0 Å². The third kappa shape index (κ3) is 5.59. The van der Waals surface area contributed by atoms with Gasteiger partial charge in [0, 0.05) is 10.1 Å². The van der Waals surface area contributed by atoms with Crippen LogP contribution in [0.2, 0.25) is 0 Å². The minimum Gasteiger partial charge on any atom is -0.257 e. The number of rotatable bonds is 7. The Morgan fingerprint density at radius 2 is 1.35 bits per heavy atom. The molecule has 1 heterocycles. The second-order valence-corrected chi connectivity index (χ2v) is 14.4. The summed E-state index contributed by atoms with van der Waals surface area (Å²) in [5, 5.41) is 0.00687. The van der Waals surface area contributed by atoms with Gasteiger partial charge < -0.3 is 0 Å². The topological polar surface area (TPSA) is 37.4 Å². The van der Waals surface area contributed by atoms with Gasteiger partial charge in [0.05, 0.1) is 16.6 Å². The van der Waals surface area contributed by atoms with E-state index in [4.69, 9.17) is 0 Å². The lowest BCUT2D eigenvalue weighted by Crippen LogP contribution is -2.39. The molecular weight excluding hydrogens is 531 g/mol. The van der Waals surface area contributed by atoms with Gasteiger partial charge in [-0.3, -0.25) is 4.31 Å². The van der Waals surface area contributed by atoms with Crippen molar-refractivity contribution in [2.75, 3.05) is 4.31 Å². The zero-order valence-electron chi connectivity index (χ0n) is 24.0. The van der Waals surface area contributed by atoms with Crippen molar-refractivity contribution in [2.45, 2.75) is 80.4 Å². The molecule has 0 bridgehead atoms. The first-order chi connectivity index (χ1) is 19.2. The highest BCUT2D eigenvalue weighted by atomic mass is 32.2. The number of benzene rings is 4. The summed E-state index contributed by atoms with van der Waals surface area (Å²) in [6, 6.07) is 31.8. The predicted molar refractivity (Wildman–Crippen MR) is 169 cm³/mol. The Labute approximate surface area is 244 Å². The van der Waals surface area contributed by atoms with Crippen LogP contribution >= 0.6 is 11.8 Å². The van der Waals surface area contributed by atoms with E-state index in [1.807, 2.05) is 67.2 Å². The summed E-state index contributed by atoms with van der Waals surface area (Å²) in [6.07, 6.45) is 1.68. The second-order valence-electron chi connectivity index (χ2n) is 11.4. The molecule has 208 valence electrons. The average molecular weight is 570 g/mol. The lowest BCUT2D eigenvalue weighted by atomic mass is 9.95. The Morgan fingerprint density at radius 1 is 0.750 bits per heavy atom. The van der Waals surface area contributed by atoms with E-state index < -0.39 is 10.0 Å². The molecular formula is C35H39NO2S2. The summed E-state index contributed by atoms with van der Waals surface area (Å²) < 4.78 is 31.1. The van der Waals surface area contributed by atoms with E-state index in [0.29, 0.717) is 16.7 Å². The van der Waals surface area contributed by atoms with Crippen LogP contribution in [-0.4, -0.2) is 13.7 Å². The van der Waals surface area contributed by atoms with Gasteiger partial charge >= 0.3 is 0 Å². The van der Waals surface area contributed by atoms with Crippen LogP contribution in [0.25, 0.3) is 0 Å². The molecule has 2 atom stereocenters. The summed E-state index contributed by atoms with van der Waals surface area (Å²) in [5.41, 5.74) is 6.57. The molecule has 0 saturated heterocycles. The molecule has 0 aromatic heterocycles. The summed E-state index contributed by atoms with van der Waals surface area (Å²) in [5.74, 6) is 0.735. The van der Waals surface area contributed by atoms with Crippen LogP contribution in [0.3, 0.4) is 0 Å². The molecule has 1 aliphatic heterocycles. The number of thioether (sulfide) groups is 1. The Kier molecular flexibility index (Phi) is 8.44. The Morgan fingerprint density at radius 3 is 1.98 bits per heavy atom. The first-order valence-corrected chi connectivity index (χ1v) is 16.5. The maximum atomic E-state index is 14.7. The van der Waals surface area contributed by atoms with Crippen molar-refractivity contribution >= 4 is 27.5 Å². The summed E-state index contributed by atoms with van der Waals surface area (Å²) in [4.78, 5) is 1.63. The normalized spacial score (nSPS) is 17.6.